The summed E-state index contributed by atoms with van der Waals surface area (Å²) in [6, 6.07) is 8.37. The Morgan fingerprint density at radius 3 is 2.83 bits per heavy atom. The molecular weight excluding hydrogens is 240 g/mol. The van der Waals surface area contributed by atoms with Crippen molar-refractivity contribution in [2.24, 2.45) is 0 Å². The zero-order chi connectivity index (χ0) is 13.4. The minimum Gasteiger partial charge on any atom is -0.410 e. The Morgan fingerprint density at radius 1 is 1.44 bits per heavy atom. The largest absolute Gasteiger partial charge is 0.410 e. The zero-order valence-electron chi connectivity index (χ0n) is 11.5. The summed E-state index contributed by atoms with van der Waals surface area (Å²) in [5.74, 6) is 0. The summed E-state index contributed by atoms with van der Waals surface area (Å²) in [6.45, 7) is 8.85. The molecule has 0 heterocycles. The fraction of sp³-hybridized carbons (Fsp3) is 0.467. The Balaban J connectivity index is 2.61. The quantitative estimate of drug-likeness (QED) is 0.662. The van der Waals surface area contributed by atoms with Gasteiger partial charge in [-0.15, -0.1) is 0 Å². The molecule has 3 heteroatoms. The lowest BCUT2D eigenvalue weighted by molar-refractivity contribution is 0.175. The molecule has 0 saturated carbocycles. The van der Waals surface area contributed by atoms with E-state index in [9.17, 15) is 0 Å². The standard InChI is InChI=1S/C15H22O2Si/c1-5-13-8-7-9-14(10-13)15(6-2)17-18-12(3)11-16-4/h5,7-10,12,15H,1,6,11H2,2-4H3. The van der Waals surface area contributed by atoms with E-state index in [2.05, 4.69) is 44.7 Å². The van der Waals surface area contributed by atoms with E-state index in [1.807, 2.05) is 6.08 Å². The van der Waals surface area contributed by atoms with Gasteiger partial charge in [0.15, 0.2) is 0 Å². The van der Waals surface area contributed by atoms with E-state index >= 15 is 0 Å². The summed E-state index contributed by atoms with van der Waals surface area (Å²) in [7, 11) is 2.20. The van der Waals surface area contributed by atoms with Gasteiger partial charge in [0.25, 0.3) is 0 Å². The van der Waals surface area contributed by atoms with Gasteiger partial charge < -0.3 is 9.16 Å². The van der Waals surface area contributed by atoms with Gasteiger partial charge in [-0.3, -0.25) is 0 Å². The lowest BCUT2D eigenvalue weighted by Gasteiger charge is -2.19. The smallest absolute Gasteiger partial charge is 0.236 e. The molecule has 0 aliphatic rings. The predicted octanol–water partition coefficient (Wildman–Crippen LogP) is 3.87. The van der Waals surface area contributed by atoms with Crippen molar-refractivity contribution >= 4 is 15.8 Å². The summed E-state index contributed by atoms with van der Waals surface area (Å²) in [4.78, 5) is 0. The van der Waals surface area contributed by atoms with Crippen molar-refractivity contribution in [1.82, 2.24) is 0 Å². The molecule has 0 spiro atoms. The minimum absolute atomic E-state index is 0.169. The van der Waals surface area contributed by atoms with E-state index in [-0.39, 0.29) is 6.10 Å². The Bertz CT molecular complexity index is 365. The molecule has 1 aromatic carbocycles. The molecule has 0 bridgehead atoms. The maximum absolute atomic E-state index is 6.00. The summed E-state index contributed by atoms with van der Waals surface area (Å²) >= 11 is 0. The molecule has 18 heavy (non-hydrogen) atoms. The highest BCUT2D eigenvalue weighted by molar-refractivity contribution is 6.29. The van der Waals surface area contributed by atoms with Gasteiger partial charge in [-0.2, -0.15) is 0 Å². The fourth-order valence-electron chi connectivity index (χ4n) is 1.76. The molecule has 0 N–H and O–H groups in total. The molecule has 0 aliphatic carbocycles. The Morgan fingerprint density at radius 2 is 2.22 bits per heavy atom. The van der Waals surface area contributed by atoms with Crippen molar-refractivity contribution in [2.75, 3.05) is 13.7 Å². The van der Waals surface area contributed by atoms with E-state index < -0.39 is 0 Å². The fourth-order valence-corrected chi connectivity index (χ4v) is 2.69. The van der Waals surface area contributed by atoms with Crippen molar-refractivity contribution in [1.29, 1.82) is 0 Å². The van der Waals surface area contributed by atoms with Crippen molar-refractivity contribution in [2.45, 2.75) is 31.9 Å². The lowest BCUT2D eigenvalue weighted by atomic mass is 10.0. The van der Waals surface area contributed by atoms with Gasteiger partial charge in [0.05, 0.1) is 6.10 Å². The number of benzene rings is 1. The first-order valence-electron chi connectivity index (χ1n) is 6.33. The Labute approximate surface area is 113 Å². The van der Waals surface area contributed by atoms with Crippen molar-refractivity contribution < 1.29 is 9.16 Å². The second-order valence-electron chi connectivity index (χ2n) is 4.36. The minimum atomic E-state index is 0.169. The van der Waals surface area contributed by atoms with Crippen LogP contribution >= 0.6 is 0 Å². The van der Waals surface area contributed by atoms with Crippen LogP contribution in [0.1, 0.15) is 37.5 Å². The Hall–Kier alpha value is -0.903. The number of rotatable bonds is 8. The van der Waals surface area contributed by atoms with Gasteiger partial charge >= 0.3 is 0 Å². The van der Waals surface area contributed by atoms with Crippen LogP contribution in [-0.4, -0.2) is 23.5 Å². The van der Waals surface area contributed by atoms with Gasteiger partial charge in [-0.25, -0.2) is 0 Å². The number of methoxy groups -OCH3 is 1. The van der Waals surface area contributed by atoms with Crippen LogP contribution in [0, 0.1) is 0 Å². The zero-order valence-corrected chi connectivity index (χ0v) is 12.5. The molecule has 0 saturated heterocycles. The first-order chi connectivity index (χ1) is 8.71. The highest BCUT2D eigenvalue weighted by Gasteiger charge is 2.13. The van der Waals surface area contributed by atoms with Crippen LogP contribution in [0.2, 0.25) is 5.54 Å². The molecule has 0 aliphatic heterocycles. The number of hydrogen-bond acceptors (Lipinski definition) is 2. The summed E-state index contributed by atoms with van der Waals surface area (Å²) in [6.07, 6.45) is 3.02. The second kappa shape index (κ2) is 8.24. The summed E-state index contributed by atoms with van der Waals surface area (Å²) < 4.78 is 11.1. The SMILES string of the molecule is C=Cc1cccc(C(CC)O[Si]C(C)COC)c1. The molecule has 2 radical (unpaired) electrons. The van der Waals surface area contributed by atoms with Crippen LogP contribution < -0.4 is 0 Å². The predicted molar refractivity (Wildman–Crippen MR) is 77.7 cm³/mol. The van der Waals surface area contributed by atoms with Crippen molar-refractivity contribution in [3.63, 3.8) is 0 Å². The molecule has 2 nitrogen and oxygen atoms in total. The van der Waals surface area contributed by atoms with Crippen LogP contribution in [0.3, 0.4) is 0 Å². The van der Waals surface area contributed by atoms with Crippen molar-refractivity contribution in [3.8, 4) is 0 Å². The van der Waals surface area contributed by atoms with Gasteiger partial charge in [0, 0.05) is 13.7 Å². The average Bonchev–Trinajstić information content (AvgIpc) is 2.40. The molecular formula is C15H22O2Si. The van der Waals surface area contributed by atoms with Crippen molar-refractivity contribution in [3.05, 3.63) is 42.0 Å². The molecule has 1 rings (SSSR count). The van der Waals surface area contributed by atoms with E-state index in [0.29, 0.717) is 15.3 Å². The summed E-state index contributed by atoms with van der Waals surface area (Å²) in [5, 5.41) is 0. The monoisotopic (exact) mass is 262 g/mol. The van der Waals surface area contributed by atoms with E-state index in [4.69, 9.17) is 9.16 Å². The number of hydrogen-bond donors (Lipinski definition) is 0. The van der Waals surface area contributed by atoms with Crippen LogP contribution in [0.4, 0.5) is 0 Å². The molecule has 98 valence electrons. The molecule has 0 aromatic heterocycles. The van der Waals surface area contributed by atoms with Gasteiger partial charge in [0.2, 0.25) is 9.76 Å². The van der Waals surface area contributed by atoms with Crippen LogP contribution in [0.15, 0.2) is 30.8 Å². The molecule has 2 unspecified atom stereocenters. The third-order valence-electron chi connectivity index (χ3n) is 2.72. The van der Waals surface area contributed by atoms with Crippen LogP contribution in [0.25, 0.3) is 6.08 Å². The first kappa shape index (κ1) is 15.2. The van der Waals surface area contributed by atoms with Gasteiger partial charge in [0.1, 0.15) is 0 Å². The highest BCUT2D eigenvalue weighted by Crippen LogP contribution is 2.23. The van der Waals surface area contributed by atoms with E-state index in [1.165, 1.54) is 5.56 Å². The second-order valence-corrected chi connectivity index (χ2v) is 5.82. The maximum Gasteiger partial charge on any atom is 0.236 e. The van der Waals surface area contributed by atoms with Gasteiger partial charge in [-0.05, 0) is 29.2 Å². The van der Waals surface area contributed by atoms with E-state index in [1.54, 1.807) is 7.11 Å². The third kappa shape index (κ3) is 4.76. The van der Waals surface area contributed by atoms with Gasteiger partial charge in [-0.1, -0.05) is 44.7 Å². The molecule has 1 aromatic rings. The van der Waals surface area contributed by atoms with Crippen LogP contribution in [-0.2, 0) is 9.16 Å². The average molecular weight is 262 g/mol. The first-order valence-corrected chi connectivity index (χ1v) is 7.32. The number of ether oxygens (including phenoxy) is 1. The Kier molecular flexibility index (Phi) is 6.94. The van der Waals surface area contributed by atoms with E-state index in [0.717, 1.165) is 18.6 Å². The van der Waals surface area contributed by atoms with Crippen LogP contribution in [0.5, 0.6) is 0 Å². The third-order valence-corrected chi connectivity index (χ3v) is 3.71. The topological polar surface area (TPSA) is 18.5 Å². The normalized spacial score (nSPS) is 14.2. The summed E-state index contributed by atoms with van der Waals surface area (Å²) in [5.41, 5.74) is 2.82. The molecule has 0 fully saturated rings. The molecule has 2 atom stereocenters. The highest BCUT2D eigenvalue weighted by atomic mass is 28.2. The molecule has 0 amide bonds. The maximum atomic E-state index is 6.00. The lowest BCUT2D eigenvalue weighted by Crippen LogP contribution is -2.14.